The van der Waals surface area contributed by atoms with Crippen molar-refractivity contribution in [1.29, 1.82) is 0 Å². The first-order valence-electron chi connectivity index (χ1n) is 11.6. The number of carbonyl (C=O) groups excluding carboxylic acids is 2. The van der Waals surface area contributed by atoms with Crippen LogP contribution < -0.4 is 20.7 Å². The number of amides is 2. The maximum atomic E-state index is 12.0. The van der Waals surface area contributed by atoms with Crippen molar-refractivity contribution in [2.45, 2.75) is 57.3 Å². The van der Waals surface area contributed by atoms with Gasteiger partial charge in [0, 0.05) is 44.6 Å². The fourth-order valence-corrected chi connectivity index (χ4v) is 5.22. The monoisotopic (exact) mass is 450 g/mol. The molecule has 0 spiro atoms. The molecule has 3 saturated heterocycles. The van der Waals surface area contributed by atoms with Gasteiger partial charge in [-0.3, -0.25) is 14.5 Å². The van der Waals surface area contributed by atoms with Crippen LogP contribution >= 0.6 is 0 Å². The molecule has 3 fully saturated rings. The molecule has 3 atom stereocenters. The number of aryl methyl sites for hydroxylation is 1. The number of piperidine rings is 1. The van der Waals surface area contributed by atoms with Crippen LogP contribution in [0.25, 0.3) is 0 Å². The zero-order valence-corrected chi connectivity index (χ0v) is 18.9. The smallest absolute Gasteiger partial charge is 0.267 e. The average Bonchev–Trinajstić information content (AvgIpc) is 3.05. The Bertz CT molecular complexity index is 1030. The van der Waals surface area contributed by atoms with Gasteiger partial charge in [-0.2, -0.15) is 0 Å². The SMILES string of the molecule is Cc1ccc(OC2C[C@H]3CC[C@@H](C2)N3c2nc(CN3CCNC(=O)C3)cc(C(N)=O)n2)cc1. The molecule has 1 aromatic heterocycles. The summed E-state index contributed by atoms with van der Waals surface area (Å²) >= 11 is 0. The van der Waals surface area contributed by atoms with Crippen LogP contribution in [0, 0.1) is 6.92 Å². The molecule has 1 unspecified atom stereocenters. The van der Waals surface area contributed by atoms with E-state index in [0.717, 1.165) is 38.0 Å². The largest absolute Gasteiger partial charge is 0.490 e. The number of nitrogens with one attached hydrogen (secondary N) is 1. The lowest BCUT2D eigenvalue weighted by atomic mass is 10.00. The predicted molar refractivity (Wildman–Crippen MR) is 123 cm³/mol. The van der Waals surface area contributed by atoms with E-state index in [1.807, 2.05) is 17.0 Å². The minimum absolute atomic E-state index is 0.000604. The van der Waals surface area contributed by atoms with E-state index in [0.29, 0.717) is 31.3 Å². The third kappa shape index (κ3) is 4.78. The molecule has 2 aromatic rings. The van der Waals surface area contributed by atoms with Gasteiger partial charge in [-0.1, -0.05) is 17.7 Å². The first-order chi connectivity index (χ1) is 15.9. The fraction of sp³-hybridized carbons (Fsp3) is 0.500. The molecule has 33 heavy (non-hydrogen) atoms. The molecule has 2 bridgehead atoms. The first-order valence-corrected chi connectivity index (χ1v) is 11.6. The van der Waals surface area contributed by atoms with E-state index in [1.54, 1.807) is 6.07 Å². The highest BCUT2D eigenvalue weighted by atomic mass is 16.5. The van der Waals surface area contributed by atoms with Gasteiger partial charge in [0.2, 0.25) is 11.9 Å². The summed E-state index contributed by atoms with van der Waals surface area (Å²) in [6, 6.07) is 10.3. The van der Waals surface area contributed by atoms with E-state index >= 15 is 0 Å². The van der Waals surface area contributed by atoms with Gasteiger partial charge in [0.15, 0.2) is 0 Å². The Labute approximate surface area is 193 Å². The molecule has 9 nitrogen and oxygen atoms in total. The van der Waals surface area contributed by atoms with Crippen molar-refractivity contribution >= 4 is 17.8 Å². The molecule has 1 aromatic carbocycles. The second-order valence-electron chi connectivity index (χ2n) is 9.29. The summed E-state index contributed by atoms with van der Waals surface area (Å²) in [6.07, 6.45) is 4.01. The minimum Gasteiger partial charge on any atom is -0.490 e. The third-order valence-electron chi connectivity index (χ3n) is 6.77. The highest BCUT2D eigenvalue weighted by Crippen LogP contribution is 2.39. The molecule has 2 amide bonds. The quantitative estimate of drug-likeness (QED) is 0.684. The number of rotatable bonds is 6. The lowest BCUT2D eigenvalue weighted by Gasteiger charge is -2.39. The summed E-state index contributed by atoms with van der Waals surface area (Å²) < 4.78 is 6.29. The highest BCUT2D eigenvalue weighted by molar-refractivity contribution is 5.91. The van der Waals surface area contributed by atoms with Gasteiger partial charge in [-0.25, -0.2) is 9.97 Å². The Balaban J connectivity index is 1.34. The second-order valence-corrected chi connectivity index (χ2v) is 9.29. The Hall–Kier alpha value is -3.20. The molecule has 0 saturated carbocycles. The van der Waals surface area contributed by atoms with Crippen molar-refractivity contribution in [3.05, 3.63) is 47.3 Å². The van der Waals surface area contributed by atoms with Crippen LogP contribution in [0.1, 0.15) is 47.4 Å². The number of aromatic nitrogens is 2. The maximum Gasteiger partial charge on any atom is 0.267 e. The molecule has 0 aliphatic carbocycles. The van der Waals surface area contributed by atoms with E-state index in [1.165, 1.54) is 5.56 Å². The number of carbonyl (C=O) groups is 2. The number of primary amides is 1. The first kappa shape index (κ1) is 21.6. The maximum absolute atomic E-state index is 12.0. The standard InChI is InChI=1S/C24H30N6O3/c1-15-2-6-19(7-3-15)33-20-11-17-4-5-18(12-20)30(17)24-27-16(10-21(28-24)23(25)32)13-29-9-8-26-22(31)14-29/h2-3,6-7,10,17-18,20H,4-5,8-9,11-14H2,1H3,(H2,25,32)(H,26,31)/t17-,18+,20?. The Morgan fingerprint density at radius 3 is 2.58 bits per heavy atom. The van der Waals surface area contributed by atoms with Crippen molar-refractivity contribution in [3.8, 4) is 5.75 Å². The van der Waals surface area contributed by atoms with E-state index in [4.69, 9.17) is 15.5 Å². The van der Waals surface area contributed by atoms with Crippen LogP contribution in [-0.4, -0.2) is 64.5 Å². The molecule has 9 heteroatoms. The Kier molecular flexibility index (Phi) is 5.88. The van der Waals surface area contributed by atoms with Gasteiger partial charge in [0.05, 0.1) is 12.2 Å². The van der Waals surface area contributed by atoms with Crippen molar-refractivity contribution in [3.63, 3.8) is 0 Å². The topological polar surface area (TPSA) is 114 Å². The van der Waals surface area contributed by atoms with E-state index in [2.05, 4.69) is 34.3 Å². The number of fused-ring (bicyclic) bond motifs is 2. The number of piperazine rings is 1. The minimum atomic E-state index is -0.568. The Morgan fingerprint density at radius 2 is 1.91 bits per heavy atom. The van der Waals surface area contributed by atoms with Crippen LogP contribution in [0.5, 0.6) is 5.75 Å². The average molecular weight is 451 g/mol. The molecule has 5 rings (SSSR count). The van der Waals surface area contributed by atoms with Crippen molar-refractivity contribution < 1.29 is 14.3 Å². The van der Waals surface area contributed by atoms with E-state index < -0.39 is 5.91 Å². The zero-order chi connectivity index (χ0) is 22.9. The summed E-state index contributed by atoms with van der Waals surface area (Å²) in [4.78, 5) is 37.4. The normalized spacial score (nSPS) is 25.1. The molecule has 3 N–H and O–H groups in total. The number of ether oxygens (including phenoxy) is 1. The number of nitrogens with zero attached hydrogens (tertiary/aromatic N) is 4. The third-order valence-corrected chi connectivity index (χ3v) is 6.77. The number of hydrogen-bond donors (Lipinski definition) is 2. The van der Waals surface area contributed by atoms with Gasteiger partial charge < -0.3 is 20.7 Å². The molecular formula is C24H30N6O3. The summed E-state index contributed by atoms with van der Waals surface area (Å²) in [5, 5.41) is 2.83. The van der Waals surface area contributed by atoms with Gasteiger partial charge >= 0.3 is 0 Å². The summed E-state index contributed by atoms with van der Waals surface area (Å²) in [7, 11) is 0. The molecule has 3 aliphatic heterocycles. The van der Waals surface area contributed by atoms with Crippen molar-refractivity contribution in [2.24, 2.45) is 5.73 Å². The second kappa shape index (κ2) is 8.97. The molecule has 174 valence electrons. The van der Waals surface area contributed by atoms with Crippen LogP contribution in [0.3, 0.4) is 0 Å². The van der Waals surface area contributed by atoms with Crippen LogP contribution in [-0.2, 0) is 11.3 Å². The Morgan fingerprint density at radius 1 is 1.18 bits per heavy atom. The van der Waals surface area contributed by atoms with Crippen molar-refractivity contribution in [1.82, 2.24) is 20.2 Å². The summed E-state index contributed by atoms with van der Waals surface area (Å²) in [5.41, 5.74) is 7.73. The van der Waals surface area contributed by atoms with Crippen LogP contribution in [0.4, 0.5) is 5.95 Å². The molecule has 0 radical (unpaired) electrons. The number of anilines is 1. The number of benzene rings is 1. The summed E-state index contributed by atoms with van der Waals surface area (Å²) in [5.74, 6) is 0.892. The van der Waals surface area contributed by atoms with E-state index in [9.17, 15) is 9.59 Å². The van der Waals surface area contributed by atoms with Gasteiger partial charge in [-0.15, -0.1) is 0 Å². The number of nitrogens with two attached hydrogens (primary N) is 1. The molecule has 3 aliphatic rings. The van der Waals surface area contributed by atoms with Gasteiger partial charge in [0.25, 0.3) is 5.91 Å². The van der Waals surface area contributed by atoms with Crippen LogP contribution in [0.2, 0.25) is 0 Å². The van der Waals surface area contributed by atoms with Gasteiger partial charge in [-0.05, 0) is 38.0 Å². The number of hydrogen-bond acceptors (Lipinski definition) is 7. The van der Waals surface area contributed by atoms with Gasteiger partial charge in [0.1, 0.15) is 17.5 Å². The highest BCUT2D eigenvalue weighted by Gasteiger charge is 2.43. The van der Waals surface area contributed by atoms with Crippen molar-refractivity contribution in [2.75, 3.05) is 24.5 Å². The summed E-state index contributed by atoms with van der Waals surface area (Å²) in [6.45, 7) is 4.21. The molecule has 4 heterocycles. The fourth-order valence-electron chi connectivity index (χ4n) is 5.22. The molecular weight excluding hydrogens is 420 g/mol. The van der Waals surface area contributed by atoms with E-state index in [-0.39, 0.29) is 29.8 Å². The predicted octanol–water partition coefficient (Wildman–Crippen LogP) is 1.39. The lowest BCUT2D eigenvalue weighted by Crippen LogP contribution is -2.48. The van der Waals surface area contributed by atoms with Crippen LogP contribution in [0.15, 0.2) is 30.3 Å². The lowest BCUT2D eigenvalue weighted by molar-refractivity contribution is -0.124. The zero-order valence-electron chi connectivity index (χ0n) is 18.9.